The Morgan fingerprint density at radius 3 is 2.72 bits per heavy atom. The minimum Gasteiger partial charge on any atom is -0.399 e. The van der Waals surface area contributed by atoms with Crippen LogP contribution in [0.4, 0.5) is 10.1 Å². The summed E-state index contributed by atoms with van der Waals surface area (Å²) in [5.41, 5.74) is 5.72. The van der Waals surface area contributed by atoms with E-state index >= 15 is 0 Å². The van der Waals surface area contributed by atoms with Gasteiger partial charge in [0.1, 0.15) is 5.82 Å². The van der Waals surface area contributed by atoms with Crippen molar-refractivity contribution in [3.8, 4) is 0 Å². The number of carbonyl (C=O) groups excluding carboxylic acids is 1. The lowest BCUT2D eigenvalue weighted by atomic mass is 10.1. The van der Waals surface area contributed by atoms with Gasteiger partial charge in [0.25, 0.3) is 5.91 Å². The molecule has 0 bridgehead atoms. The standard InChI is InChI=1S/C13H19FN2O2/c1-2-3-6-16(7-8-17)13(18)11-5-4-10(15)9-12(11)14/h4-5,9,17H,2-3,6-8,15H2,1H3. The van der Waals surface area contributed by atoms with Crippen molar-refractivity contribution >= 4 is 11.6 Å². The summed E-state index contributed by atoms with van der Waals surface area (Å²) in [6, 6.07) is 4.00. The summed E-state index contributed by atoms with van der Waals surface area (Å²) >= 11 is 0. The lowest BCUT2D eigenvalue weighted by molar-refractivity contribution is 0.0715. The molecule has 18 heavy (non-hydrogen) atoms. The number of aliphatic hydroxyl groups excluding tert-OH is 1. The van der Waals surface area contributed by atoms with Crippen LogP contribution in [0.5, 0.6) is 0 Å². The Bertz CT molecular complexity index is 410. The minimum absolute atomic E-state index is 0.00578. The molecule has 1 aromatic carbocycles. The van der Waals surface area contributed by atoms with Crippen LogP contribution in [-0.4, -0.2) is 35.6 Å². The maximum absolute atomic E-state index is 13.6. The topological polar surface area (TPSA) is 66.6 Å². The van der Waals surface area contributed by atoms with Gasteiger partial charge in [-0.25, -0.2) is 4.39 Å². The summed E-state index contributed by atoms with van der Waals surface area (Å²) in [5.74, 6) is -1.03. The monoisotopic (exact) mass is 254 g/mol. The smallest absolute Gasteiger partial charge is 0.256 e. The number of nitrogen functional groups attached to an aromatic ring is 1. The number of benzene rings is 1. The fraction of sp³-hybridized carbons (Fsp3) is 0.462. The first-order valence-corrected chi connectivity index (χ1v) is 6.05. The van der Waals surface area contributed by atoms with Gasteiger partial charge in [-0.05, 0) is 24.6 Å². The van der Waals surface area contributed by atoms with E-state index in [4.69, 9.17) is 10.8 Å². The van der Waals surface area contributed by atoms with E-state index in [-0.39, 0.29) is 24.4 Å². The number of halogens is 1. The quantitative estimate of drug-likeness (QED) is 0.758. The molecule has 0 saturated heterocycles. The van der Waals surface area contributed by atoms with E-state index in [2.05, 4.69) is 0 Å². The van der Waals surface area contributed by atoms with Gasteiger partial charge in [0.05, 0.1) is 12.2 Å². The zero-order valence-electron chi connectivity index (χ0n) is 10.5. The van der Waals surface area contributed by atoms with Crippen LogP contribution in [0.1, 0.15) is 30.1 Å². The Labute approximate surface area is 106 Å². The molecule has 0 radical (unpaired) electrons. The minimum atomic E-state index is -0.626. The molecule has 0 unspecified atom stereocenters. The molecule has 0 heterocycles. The molecular weight excluding hydrogens is 235 g/mol. The first-order chi connectivity index (χ1) is 8.60. The zero-order valence-corrected chi connectivity index (χ0v) is 10.5. The predicted octanol–water partition coefficient (Wildman–Crippen LogP) is 1.64. The maximum atomic E-state index is 13.6. The van der Waals surface area contributed by atoms with Crippen LogP contribution in [0.15, 0.2) is 18.2 Å². The molecule has 1 rings (SSSR count). The Morgan fingerprint density at radius 1 is 1.44 bits per heavy atom. The fourth-order valence-corrected chi connectivity index (χ4v) is 1.66. The van der Waals surface area contributed by atoms with E-state index in [0.717, 1.165) is 18.9 Å². The van der Waals surface area contributed by atoms with Crippen LogP contribution in [0.2, 0.25) is 0 Å². The van der Waals surface area contributed by atoms with Crippen molar-refractivity contribution in [2.24, 2.45) is 0 Å². The molecule has 0 spiro atoms. The molecule has 1 aromatic rings. The highest BCUT2D eigenvalue weighted by Crippen LogP contribution is 2.14. The molecule has 0 saturated carbocycles. The second-order valence-electron chi connectivity index (χ2n) is 4.11. The van der Waals surface area contributed by atoms with Gasteiger partial charge in [0.2, 0.25) is 0 Å². The molecule has 0 fully saturated rings. The molecule has 0 aliphatic heterocycles. The number of anilines is 1. The highest BCUT2D eigenvalue weighted by Gasteiger charge is 2.18. The van der Waals surface area contributed by atoms with E-state index in [1.54, 1.807) is 0 Å². The van der Waals surface area contributed by atoms with Crippen molar-refractivity contribution in [2.75, 3.05) is 25.4 Å². The summed E-state index contributed by atoms with van der Waals surface area (Å²) in [6.07, 6.45) is 1.75. The van der Waals surface area contributed by atoms with Crippen LogP contribution in [-0.2, 0) is 0 Å². The highest BCUT2D eigenvalue weighted by atomic mass is 19.1. The molecule has 4 nitrogen and oxygen atoms in total. The zero-order chi connectivity index (χ0) is 13.5. The molecule has 0 aromatic heterocycles. The summed E-state index contributed by atoms with van der Waals surface area (Å²) in [4.78, 5) is 13.6. The van der Waals surface area contributed by atoms with Crippen LogP contribution in [0.3, 0.4) is 0 Å². The first kappa shape index (κ1) is 14.4. The van der Waals surface area contributed by atoms with E-state index in [1.165, 1.54) is 17.0 Å². The molecule has 0 atom stereocenters. The second-order valence-corrected chi connectivity index (χ2v) is 4.11. The Morgan fingerprint density at radius 2 is 2.17 bits per heavy atom. The Kier molecular flexibility index (Phi) is 5.58. The normalized spacial score (nSPS) is 10.4. The second kappa shape index (κ2) is 6.96. The number of rotatable bonds is 6. The van der Waals surface area contributed by atoms with Gasteiger partial charge in [0, 0.05) is 18.8 Å². The third-order valence-electron chi connectivity index (χ3n) is 2.66. The first-order valence-electron chi connectivity index (χ1n) is 6.05. The molecule has 0 aliphatic carbocycles. The van der Waals surface area contributed by atoms with E-state index in [1.807, 2.05) is 6.92 Å². The molecule has 3 N–H and O–H groups in total. The van der Waals surface area contributed by atoms with E-state index in [0.29, 0.717) is 6.54 Å². The molecule has 1 amide bonds. The van der Waals surface area contributed by atoms with Crippen molar-refractivity contribution in [3.05, 3.63) is 29.6 Å². The summed E-state index contributed by atoms with van der Waals surface area (Å²) in [5, 5.41) is 8.94. The van der Waals surface area contributed by atoms with Crippen molar-refractivity contribution in [1.82, 2.24) is 4.90 Å². The van der Waals surface area contributed by atoms with Gasteiger partial charge in [-0.2, -0.15) is 0 Å². The van der Waals surface area contributed by atoms with Gasteiger partial charge in [-0.1, -0.05) is 13.3 Å². The predicted molar refractivity (Wildman–Crippen MR) is 68.7 cm³/mol. The van der Waals surface area contributed by atoms with Crippen molar-refractivity contribution in [2.45, 2.75) is 19.8 Å². The van der Waals surface area contributed by atoms with Crippen molar-refractivity contribution in [1.29, 1.82) is 0 Å². The van der Waals surface area contributed by atoms with Crippen LogP contribution in [0, 0.1) is 5.82 Å². The summed E-state index contributed by atoms with van der Waals surface area (Å²) < 4.78 is 13.6. The number of amides is 1. The summed E-state index contributed by atoms with van der Waals surface area (Å²) in [6.45, 7) is 2.60. The van der Waals surface area contributed by atoms with Gasteiger partial charge >= 0.3 is 0 Å². The molecule has 100 valence electrons. The van der Waals surface area contributed by atoms with Crippen molar-refractivity contribution < 1.29 is 14.3 Å². The lowest BCUT2D eigenvalue weighted by Gasteiger charge is -2.21. The number of hydrogen-bond donors (Lipinski definition) is 2. The van der Waals surface area contributed by atoms with Gasteiger partial charge < -0.3 is 15.7 Å². The third kappa shape index (κ3) is 3.70. The number of carbonyl (C=O) groups is 1. The average Bonchev–Trinajstić information content (AvgIpc) is 2.33. The van der Waals surface area contributed by atoms with Crippen LogP contribution < -0.4 is 5.73 Å². The third-order valence-corrected chi connectivity index (χ3v) is 2.66. The van der Waals surface area contributed by atoms with E-state index in [9.17, 15) is 9.18 Å². The largest absolute Gasteiger partial charge is 0.399 e. The van der Waals surface area contributed by atoms with Gasteiger partial charge in [-0.3, -0.25) is 4.79 Å². The molecule has 5 heteroatoms. The Balaban J connectivity index is 2.87. The number of unbranched alkanes of at least 4 members (excludes halogenated alkanes) is 1. The average molecular weight is 254 g/mol. The van der Waals surface area contributed by atoms with Gasteiger partial charge in [0.15, 0.2) is 0 Å². The number of nitrogens with two attached hydrogens (primary N) is 1. The van der Waals surface area contributed by atoms with Gasteiger partial charge in [-0.15, -0.1) is 0 Å². The SMILES string of the molecule is CCCCN(CCO)C(=O)c1ccc(N)cc1F. The van der Waals surface area contributed by atoms with Crippen molar-refractivity contribution in [3.63, 3.8) is 0 Å². The van der Waals surface area contributed by atoms with E-state index < -0.39 is 11.7 Å². The maximum Gasteiger partial charge on any atom is 0.256 e. The van der Waals surface area contributed by atoms with Crippen LogP contribution >= 0.6 is 0 Å². The fourth-order valence-electron chi connectivity index (χ4n) is 1.66. The highest BCUT2D eigenvalue weighted by molar-refractivity contribution is 5.94. The number of aliphatic hydroxyl groups is 1. The Hall–Kier alpha value is -1.62. The molecule has 0 aliphatic rings. The van der Waals surface area contributed by atoms with Crippen LogP contribution in [0.25, 0.3) is 0 Å². The number of nitrogens with zero attached hydrogens (tertiary/aromatic N) is 1. The number of hydrogen-bond acceptors (Lipinski definition) is 3. The lowest BCUT2D eigenvalue weighted by Crippen LogP contribution is -2.35. The summed E-state index contributed by atoms with van der Waals surface area (Å²) in [7, 11) is 0. The molecular formula is C13H19FN2O2.